The molecule has 7 heteroatoms. The molecule has 0 radical (unpaired) electrons. The van der Waals surface area contributed by atoms with Gasteiger partial charge in [0.25, 0.3) is 0 Å². The van der Waals surface area contributed by atoms with Crippen LogP contribution >= 0.6 is 27.5 Å². The van der Waals surface area contributed by atoms with Gasteiger partial charge in [-0.3, -0.25) is 0 Å². The number of nitrogens with one attached hydrogen (secondary N) is 1. The Bertz CT molecular complexity index is 530. The number of rotatable bonds is 4. The molecule has 1 aromatic rings. The van der Waals surface area contributed by atoms with Gasteiger partial charge in [-0.25, -0.2) is 9.59 Å². The molecule has 0 spiro atoms. The SMILES string of the molecule is COC(=O)/C=C(\Nc1ccc(Br)c(Cl)c1)C(=O)OC. The molecule has 0 heterocycles. The minimum absolute atomic E-state index is 0.0484. The standard InChI is InChI=1S/C12H11BrClNO4/c1-18-11(16)6-10(12(17)19-2)15-7-3-4-8(13)9(14)5-7/h3-6,15H,1-2H3/b10-6-. The third-order valence-electron chi connectivity index (χ3n) is 2.07. The topological polar surface area (TPSA) is 64.6 Å². The third-order valence-corrected chi connectivity index (χ3v) is 3.30. The summed E-state index contributed by atoms with van der Waals surface area (Å²) < 4.78 is 9.74. The smallest absolute Gasteiger partial charge is 0.354 e. The van der Waals surface area contributed by atoms with Crippen LogP contribution < -0.4 is 5.32 Å². The van der Waals surface area contributed by atoms with E-state index in [9.17, 15) is 9.59 Å². The van der Waals surface area contributed by atoms with Gasteiger partial charge in [0.05, 0.1) is 25.3 Å². The van der Waals surface area contributed by atoms with Crippen molar-refractivity contribution in [2.75, 3.05) is 19.5 Å². The fourth-order valence-electron chi connectivity index (χ4n) is 1.16. The van der Waals surface area contributed by atoms with Crippen molar-refractivity contribution in [3.8, 4) is 0 Å². The maximum absolute atomic E-state index is 11.5. The van der Waals surface area contributed by atoms with E-state index in [1.807, 2.05) is 0 Å². The largest absolute Gasteiger partial charge is 0.466 e. The van der Waals surface area contributed by atoms with Crippen molar-refractivity contribution in [2.24, 2.45) is 0 Å². The van der Waals surface area contributed by atoms with Crippen LogP contribution in [0.15, 0.2) is 34.4 Å². The molecule has 0 saturated carbocycles. The van der Waals surface area contributed by atoms with Crippen LogP contribution in [0, 0.1) is 0 Å². The van der Waals surface area contributed by atoms with Gasteiger partial charge in [-0.15, -0.1) is 0 Å². The Morgan fingerprint density at radius 2 is 2.00 bits per heavy atom. The highest BCUT2D eigenvalue weighted by atomic mass is 79.9. The fraction of sp³-hybridized carbons (Fsp3) is 0.167. The molecule has 0 atom stereocenters. The van der Waals surface area contributed by atoms with Crippen LogP contribution in [0.3, 0.4) is 0 Å². The van der Waals surface area contributed by atoms with Crippen molar-refractivity contribution in [1.29, 1.82) is 0 Å². The van der Waals surface area contributed by atoms with Crippen molar-refractivity contribution < 1.29 is 19.1 Å². The molecule has 0 saturated heterocycles. The minimum Gasteiger partial charge on any atom is -0.466 e. The normalized spacial score (nSPS) is 10.8. The summed E-state index contributed by atoms with van der Waals surface area (Å²) in [5, 5.41) is 3.21. The van der Waals surface area contributed by atoms with Gasteiger partial charge < -0.3 is 14.8 Å². The van der Waals surface area contributed by atoms with Crippen molar-refractivity contribution >= 4 is 45.2 Å². The van der Waals surface area contributed by atoms with Gasteiger partial charge in [0.2, 0.25) is 0 Å². The van der Waals surface area contributed by atoms with E-state index in [0.29, 0.717) is 10.7 Å². The fourth-order valence-corrected chi connectivity index (χ4v) is 1.59. The molecule has 0 aromatic heterocycles. The molecular formula is C12H11BrClNO4. The number of hydrogen-bond acceptors (Lipinski definition) is 5. The van der Waals surface area contributed by atoms with Gasteiger partial charge in [0.15, 0.2) is 0 Å². The van der Waals surface area contributed by atoms with E-state index in [1.165, 1.54) is 14.2 Å². The number of ether oxygens (including phenoxy) is 2. The van der Waals surface area contributed by atoms with Gasteiger partial charge in [0, 0.05) is 10.2 Å². The Labute approximate surface area is 123 Å². The van der Waals surface area contributed by atoms with Crippen molar-refractivity contribution in [3.63, 3.8) is 0 Å². The molecule has 1 aromatic carbocycles. The Hall–Kier alpha value is -1.53. The molecule has 0 aliphatic carbocycles. The molecule has 19 heavy (non-hydrogen) atoms. The van der Waals surface area contributed by atoms with Crippen LogP contribution in [0.2, 0.25) is 5.02 Å². The summed E-state index contributed by atoms with van der Waals surface area (Å²) in [5.74, 6) is -1.36. The Balaban J connectivity index is 3.00. The van der Waals surface area contributed by atoms with Crippen LogP contribution in [0.4, 0.5) is 5.69 Å². The summed E-state index contributed by atoms with van der Waals surface area (Å²) in [6.45, 7) is 0. The van der Waals surface area contributed by atoms with Crippen LogP contribution in [0.25, 0.3) is 0 Å². The molecule has 102 valence electrons. The molecule has 0 fully saturated rings. The van der Waals surface area contributed by atoms with E-state index in [2.05, 4.69) is 30.7 Å². The number of methoxy groups -OCH3 is 2. The molecule has 1 rings (SSSR count). The van der Waals surface area contributed by atoms with Crippen LogP contribution in [0.5, 0.6) is 0 Å². The first-order valence-corrected chi connectivity index (χ1v) is 6.25. The first kappa shape index (κ1) is 15.5. The first-order valence-electron chi connectivity index (χ1n) is 5.08. The average molecular weight is 349 g/mol. The van der Waals surface area contributed by atoms with E-state index < -0.39 is 11.9 Å². The molecule has 0 aliphatic rings. The second-order valence-electron chi connectivity index (χ2n) is 3.33. The number of halogens is 2. The van der Waals surface area contributed by atoms with Gasteiger partial charge in [-0.2, -0.15) is 0 Å². The quantitative estimate of drug-likeness (QED) is 0.669. The minimum atomic E-state index is -0.690. The first-order chi connectivity index (χ1) is 8.97. The predicted molar refractivity (Wildman–Crippen MR) is 74.9 cm³/mol. The maximum atomic E-state index is 11.5. The molecule has 5 nitrogen and oxygen atoms in total. The average Bonchev–Trinajstić information content (AvgIpc) is 2.41. The summed E-state index contributed by atoms with van der Waals surface area (Å²) in [4.78, 5) is 22.7. The molecule has 0 bridgehead atoms. The monoisotopic (exact) mass is 347 g/mol. The van der Waals surface area contributed by atoms with Gasteiger partial charge in [0.1, 0.15) is 5.70 Å². The van der Waals surface area contributed by atoms with Crippen LogP contribution in [-0.2, 0) is 19.1 Å². The molecule has 0 aliphatic heterocycles. The third kappa shape index (κ3) is 4.57. The summed E-state index contributed by atoms with van der Waals surface area (Å²) in [7, 11) is 2.42. The highest BCUT2D eigenvalue weighted by molar-refractivity contribution is 9.10. The number of hydrogen-bond donors (Lipinski definition) is 1. The molecular weight excluding hydrogens is 337 g/mol. The number of carbonyl (C=O) groups excluding carboxylic acids is 2. The van der Waals surface area contributed by atoms with Gasteiger partial charge in [-0.1, -0.05) is 11.6 Å². The lowest BCUT2D eigenvalue weighted by Gasteiger charge is -2.09. The Morgan fingerprint density at radius 1 is 1.32 bits per heavy atom. The van der Waals surface area contributed by atoms with Gasteiger partial charge >= 0.3 is 11.9 Å². The highest BCUT2D eigenvalue weighted by Crippen LogP contribution is 2.26. The maximum Gasteiger partial charge on any atom is 0.354 e. The number of benzene rings is 1. The lowest BCUT2D eigenvalue weighted by Crippen LogP contribution is -2.15. The highest BCUT2D eigenvalue weighted by Gasteiger charge is 2.13. The molecule has 0 unspecified atom stereocenters. The zero-order valence-corrected chi connectivity index (χ0v) is 12.5. The van der Waals surface area contributed by atoms with Crippen molar-refractivity contribution in [2.45, 2.75) is 0 Å². The Morgan fingerprint density at radius 3 is 2.53 bits per heavy atom. The van der Waals surface area contributed by atoms with E-state index >= 15 is 0 Å². The second-order valence-corrected chi connectivity index (χ2v) is 4.59. The lowest BCUT2D eigenvalue weighted by molar-refractivity contribution is -0.138. The molecule has 0 amide bonds. The number of esters is 2. The van der Waals surface area contributed by atoms with Crippen LogP contribution in [-0.4, -0.2) is 26.2 Å². The summed E-state index contributed by atoms with van der Waals surface area (Å²) >= 11 is 9.18. The lowest BCUT2D eigenvalue weighted by atomic mass is 10.3. The zero-order chi connectivity index (χ0) is 14.4. The second kappa shape index (κ2) is 7.16. The predicted octanol–water partition coefficient (Wildman–Crippen LogP) is 2.74. The van der Waals surface area contributed by atoms with E-state index in [1.54, 1.807) is 18.2 Å². The van der Waals surface area contributed by atoms with Crippen LogP contribution in [0.1, 0.15) is 0 Å². The number of carbonyl (C=O) groups is 2. The van der Waals surface area contributed by atoms with Crippen molar-refractivity contribution in [3.05, 3.63) is 39.5 Å². The zero-order valence-electron chi connectivity index (χ0n) is 10.2. The summed E-state index contributed by atoms with van der Waals surface area (Å²) in [6.07, 6.45) is 1.00. The Kier molecular flexibility index (Phi) is 5.85. The van der Waals surface area contributed by atoms with E-state index in [4.69, 9.17) is 11.6 Å². The van der Waals surface area contributed by atoms with Gasteiger partial charge in [-0.05, 0) is 34.1 Å². The molecule has 1 N–H and O–H groups in total. The number of anilines is 1. The summed E-state index contributed by atoms with van der Waals surface area (Å²) in [6, 6.07) is 4.99. The van der Waals surface area contributed by atoms with Crippen molar-refractivity contribution in [1.82, 2.24) is 0 Å². The summed E-state index contributed by atoms with van der Waals surface area (Å²) in [5.41, 5.74) is 0.487. The van der Waals surface area contributed by atoms with E-state index in [-0.39, 0.29) is 5.70 Å². The van der Waals surface area contributed by atoms with E-state index in [0.717, 1.165) is 10.5 Å².